The lowest BCUT2D eigenvalue weighted by Gasteiger charge is -2.32. The van der Waals surface area contributed by atoms with E-state index in [0.29, 0.717) is 0 Å². The molecule has 0 amide bonds. The van der Waals surface area contributed by atoms with Crippen LogP contribution in [0.4, 0.5) is 5.69 Å². The maximum Gasteiger partial charge on any atom is 0.311 e. The summed E-state index contributed by atoms with van der Waals surface area (Å²) in [7, 11) is 0. The Bertz CT molecular complexity index is 444. The Hall–Kier alpha value is -1.66. The van der Waals surface area contributed by atoms with Crippen LogP contribution in [0.3, 0.4) is 0 Å². The van der Waals surface area contributed by atoms with Crippen LogP contribution in [0.5, 0.6) is 5.75 Å². The van der Waals surface area contributed by atoms with Crippen molar-refractivity contribution < 1.29 is 10.0 Å². The summed E-state index contributed by atoms with van der Waals surface area (Å²) in [4.78, 5) is 12.5. The first-order chi connectivity index (χ1) is 8.59. The summed E-state index contributed by atoms with van der Waals surface area (Å²) in [5.74, 6) is -0.281. The number of nitrogens with one attached hydrogen (secondary N) is 1. The molecule has 6 nitrogen and oxygen atoms in total. The third-order valence-corrected chi connectivity index (χ3v) is 3.38. The first-order valence-corrected chi connectivity index (χ1v) is 6.01. The molecule has 0 aromatic heterocycles. The molecule has 2 N–H and O–H groups in total. The average molecular weight is 251 g/mol. The Balaban J connectivity index is 2.21. The van der Waals surface area contributed by atoms with E-state index in [9.17, 15) is 15.2 Å². The second-order valence-corrected chi connectivity index (χ2v) is 4.47. The van der Waals surface area contributed by atoms with E-state index in [1.807, 2.05) is 6.92 Å². The van der Waals surface area contributed by atoms with Crippen molar-refractivity contribution in [3.8, 4) is 5.75 Å². The van der Waals surface area contributed by atoms with Crippen molar-refractivity contribution in [3.05, 3.63) is 33.9 Å². The highest BCUT2D eigenvalue weighted by molar-refractivity contribution is 5.48. The lowest BCUT2D eigenvalue weighted by atomic mass is 10.1. The zero-order valence-electron chi connectivity index (χ0n) is 10.3. The second-order valence-electron chi connectivity index (χ2n) is 4.47. The maximum absolute atomic E-state index is 10.8. The van der Waals surface area contributed by atoms with Gasteiger partial charge in [0.1, 0.15) is 0 Å². The molecular weight excluding hydrogens is 234 g/mol. The largest absolute Gasteiger partial charge is 0.502 e. The van der Waals surface area contributed by atoms with Gasteiger partial charge in [-0.25, -0.2) is 0 Å². The van der Waals surface area contributed by atoms with Gasteiger partial charge in [0, 0.05) is 38.3 Å². The zero-order valence-corrected chi connectivity index (χ0v) is 10.3. The minimum absolute atomic E-state index is 0.117. The number of hydrogen-bond donors (Lipinski definition) is 2. The number of phenols is 1. The third-order valence-electron chi connectivity index (χ3n) is 3.38. The van der Waals surface area contributed by atoms with E-state index in [2.05, 4.69) is 10.2 Å². The molecule has 0 bridgehead atoms. The number of hydrogen-bond acceptors (Lipinski definition) is 5. The number of piperazine rings is 1. The molecule has 0 unspecified atom stereocenters. The highest BCUT2D eigenvalue weighted by Gasteiger charge is 2.21. The van der Waals surface area contributed by atoms with E-state index < -0.39 is 4.92 Å². The Labute approximate surface area is 105 Å². The molecule has 1 aromatic carbocycles. The predicted molar refractivity (Wildman–Crippen MR) is 67.6 cm³/mol. The molecule has 1 saturated heterocycles. The van der Waals surface area contributed by atoms with Gasteiger partial charge in [0.05, 0.1) is 4.92 Å². The van der Waals surface area contributed by atoms with Crippen LogP contribution in [0.15, 0.2) is 18.2 Å². The summed E-state index contributed by atoms with van der Waals surface area (Å²) in [6, 6.07) is 4.72. The fourth-order valence-electron chi connectivity index (χ4n) is 2.23. The van der Waals surface area contributed by atoms with Gasteiger partial charge in [-0.15, -0.1) is 0 Å². The molecule has 1 aliphatic rings. The molecule has 1 atom stereocenters. The summed E-state index contributed by atoms with van der Waals surface area (Å²) in [6.07, 6.45) is 0. The van der Waals surface area contributed by atoms with E-state index in [-0.39, 0.29) is 17.5 Å². The number of benzene rings is 1. The van der Waals surface area contributed by atoms with Crippen molar-refractivity contribution in [1.29, 1.82) is 0 Å². The van der Waals surface area contributed by atoms with Crippen LogP contribution in [0.25, 0.3) is 0 Å². The molecule has 1 aliphatic heterocycles. The number of aromatic hydroxyl groups is 1. The molecule has 2 rings (SSSR count). The number of nitrogens with zero attached hydrogens (tertiary/aromatic N) is 2. The van der Waals surface area contributed by atoms with Crippen molar-refractivity contribution in [1.82, 2.24) is 10.2 Å². The van der Waals surface area contributed by atoms with Gasteiger partial charge >= 0.3 is 5.69 Å². The fraction of sp³-hybridized carbons (Fsp3) is 0.500. The van der Waals surface area contributed by atoms with Gasteiger partial charge in [-0.2, -0.15) is 0 Å². The second kappa shape index (κ2) is 5.32. The van der Waals surface area contributed by atoms with E-state index in [1.54, 1.807) is 6.07 Å². The summed E-state index contributed by atoms with van der Waals surface area (Å²) < 4.78 is 0. The minimum atomic E-state index is -0.552. The van der Waals surface area contributed by atoms with Gasteiger partial charge in [0.15, 0.2) is 5.75 Å². The van der Waals surface area contributed by atoms with Crippen LogP contribution in [-0.2, 0) is 0 Å². The predicted octanol–water partition coefficient (Wildman–Crippen LogP) is 1.27. The molecule has 98 valence electrons. The Morgan fingerprint density at radius 3 is 2.72 bits per heavy atom. The van der Waals surface area contributed by atoms with Crippen LogP contribution >= 0.6 is 0 Å². The maximum atomic E-state index is 10.8. The van der Waals surface area contributed by atoms with Crippen molar-refractivity contribution in [2.24, 2.45) is 0 Å². The van der Waals surface area contributed by atoms with Gasteiger partial charge in [0.25, 0.3) is 0 Å². The quantitative estimate of drug-likeness (QED) is 0.624. The summed E-state index contributed by atoms with van der Waals surface area (Å²) in [5.41, 5.74) is 0.635. The Morgan fingerprint density at radius 1 is 1.44 bits per heavy atom. The molecule has 0 spiro atoms. The number of nitro groups is 1. The van der Waals surface area contributed by atoms with Crippen LogP contribution in [0, 0.1) is 10.1 Å². The molecule has 0 saturated carbocycles. The summed E-state index contributed by atoms with van der Waals surface area (Å²) >= 11 is 0. The van der Waals surface area contributed by atoms with Gasteiger partial charge in [0.2, 0.25) is 0 Å². The minimum Gasteiger partial charge on any atom is -0.502 e. The molecule has 1 aromatic rings. The lowest BCUT2D eigenvalue weighted by molar-refractivity contribution is -0.386. The third kappa shape index (κ3) is 2.60. The van der Waals surface area contributed by atoms with Gasteiger partial charge in [-0.1, -0.05) is 6.07 Å². The fourth-order valence-corrected chi connectivity index (χ4v) is 2.23. The SMILES string of the molecule is C[C@H](c1ccc(O)c([N+](=O)[O-])c1)N1CCNCC1. The Kier molecular flexibility index (Phi) is 3.78. The number of nitro benzene ring substituents is 1. The molecule has 0 radical (unpaired) electrons. The standard InChI is InChI=1S/C12H17N3O3/c1-9(14-6-4-13-5-7-14)10-2-3-12(16)11(8-10)15(17)18/h2-3,8-9,13,16H,4-7H2,1H3/t9-/m1/s1. The van der Waals surface area contributed by atoms with Crippen molar-refractivity contribution in [2.75, 3.05) is 26.2 Å². The molecule has 18 heavy (non-hydrogen) atoms. The van der Waals surface area contributed by atoms with Gasteiger partial charge in [-0.3, -0.25) is 15.0 Å². The average Bonchev–Trinajstić information content (AvgIpc) is 2.39. The van der Waals surface area contributed by atoms with Gasteiger partial charge in [-0.05, 0) is 18.6 Å². The molecule has 0 aliphatic carbocycles. The number of phenolic OH excluding ortho intramolecular Hbond substituents is 1. The van der Waals surface area contributed by atoms with Crippen molar-refractivity contribution in [3.63, 3.8) is 0 Å². The smallest absolute Gasteiger partial charge is 0.311 e. The van der Waals surface area contributed by atoms with E-state index >= 15 is 0 Å². The molecule has 1 heterocycles. The molecular formula is C12H17N3O3. The van der Waals surface area contributed by atoms with E-state index in [0.717, 1.165) is 31.7 Å². The highest BCUT2D eigenvalue weighted by Crippen LogP contribution is 2.30. The van der Waals surface area contributed by atoms with Crippen LogP contribution in [-0.4, -0.2) is 41.1 Å². The van der Waals surface area contributed by atoms with Crippen LogP contribution in [0.1, 0.15) is 18.5 Å². The monoisotopic (exact) mass is 251 g/mol. The first-order valence-electron chi connectivity index (χ1n) is 6.01. The van der Waals surface area contributed by atoms with Crippen LogP contribution in [0.2, 0.25) is 0 Å². The van der Waals surface area contributed by atoms with E-state index in [1.165, 1.54) is 12.1 Å². The van der Waals surface area contributed by atoms with Crippen molar-refractivity contribution >= 4 is 5.69 Å². The Morgan fingerprint density at radius 2 is 2.11 bits per heavy atom. The normalized spacial score (nSPS) is 18.5. The summed E-state index contributed by atoms with van der Waals surface area (Å²) in [5, 5.41) is 23.5. The lowest BCUT2D eigenvalue weighted by Crippen LogP contribution is -2.44. The van der Waals surface area contributed by atoms with Gasteiger partial charge < -0.3 is 10.4 Å². The topological polar surface area (TPSA) is 78.6 Å². The summed E-state index contributed by atoms with van der Waals surface area (Å²) in [6.45, 7) is 5.75. The number of rotatable bonds is 3. The molecule has 1 fully saturated rings. The van der Waals surface area contributed by atoms with Crippen LogP contribution < -0.4 is 5.32 Å². The van der Waals surface area contributed by atoms with E-state index in [4.69, 9.17) is 0 Å². The van der Waals surface area contributed by atoms with Crippen molar-refractivity contribution in [2.45, 2.75) is 13.0 Å². The molecule has 6 heteroatoms. The zero-order chi connectivity index (χ0) is 13.1. The highest BCUT2D eigenvalue weighted by atomic mass is 16.6. The first kappa shape index (κ1) is 12.8.